The first kappa shape index (κ1) is 17.3. The molecule has 4 rings (SSSR count). The maximum Gasteiger partial charge on any atom is 0.258 e. The van der Waals surface area contributed by atoms with E-state index in [0.717, 1.165) is 21.5 Å². The van der Waals surface area contributed by atoms with Gasteiger partial charge in [0.2, 0.25) is 0 Å². The van der Waals surface area contributed by atoms with Gasteiger partial charge >= 0.3 is 0 Å². The van der Waals surface area contributed by atoms with E-state index in [4.69, 9.17) is 0 Å². The number of para-hydroxylation sites is 1. The highest BCUT2D eigenvalue weighted by Crippen LogP contribution is 2.27. The third-order valence-corrected chi connectivity index (χ3v) is 5.34. The SMILES string of the molecule is Cc1nc(NC(=O)c2cc(-c3ccc(F)cc3)nc3ccccc23)sc1C. The maximum atomic E-state index is 13.2. The van der Waals surface area contributed by atoms with Gasteiger partial charge in [-0.15, -0.1) is 11.3 Å². The number of fused-ring (bicyclic) bond motifs is 1. The van der Waals surface area contributed by atoms with E-state index >= 15 is 0 Å². The Hall–Kier alpha value is -3.12. The third kappa shape index (κ3) is 3.44. The van der Waals surface area contributed by atoms with Gasteiger partial charge in [0.25, 0.3) is 5.91 Å². The van der Waals surface area contributed by atoms with E-state index in [1.165, 1.54) is 23.5 Å². The van der Waals surface area contributed by atoms with Gasteiger partial charge < -0.3 is 0 Å². The van der Waals surface area contributed by atoms with Crippen LogP contribution < -0.4 is 5.32 Å². The molecule has 6 heteroatoms. The number of halogens is 1. The van der Waals surface area contributed by atoms with Crippen LogP contribution in [-0.2, 0) is 0 Å². The number of aryl methyl sites for hydroxylation is 2. The molecule has 1 amide bonds. The molecule has 0 bridgehead atoms. The lowest BCUT2D eigenvalue weighted by molar-refractivity contribution is 0.102. The highest BCUT2D eigenvalue weighted by Gasteiger charge is 2.16. The second-order valence-corrected chi connectivity index (χ2v) is 7.40. The second-order valence-electron chi connectivity index (χ2n) is 6.19. The van der Waals surface area contributed by atoms with E-state index in [0.29, 0.717) is 21.9 Å². The van der Waals surface area contributed by atoms with Crippen LogP contribution in [0.5, 0.6) is 0 Å². The predicted molar refractivity (Wildman–Crippen MR) is 107 cm³/mol. The zero-order valence-corrected chi connectivity index (χ0v) is 15.6. The van der Waals surface area contributed by atoms with Crippen molar-refractivity contribution in [3.63, 3.8) is 0 Å². The number of anilines is 1. The number of benzene rings is 2. The lowest BCUT2D eigenvalue weighted by Gasteiger charge is -2.09. The molecule has 2 heterocycles. The zero-order valence-electron chi connectivity index (χ0n) is 14.8. The summed E-state index contributed by atoms with van der Waals surface area (Å²) in [5, 5.41) is 4.20. The minimum atomic E-state index is -0.313. The molecule has 0 unspecified atom stereocenters. The first-order valence-electron chi connectivity index (χ1n) is 8.42. The van der Waals surface area contributed by atoms with Crippen molar-refractivity contribution in [2.24, 2.45) is 0 Å². The molecule has 0 spiro atoms. The number of carbonyl (C=O) groups is 1. The van der Waals surface area contributed by atoms with E-state index in [-0.39, 0.29) is 11.7 Å². The number of carbonyl (C=O) groups excluding carboxylic acids is 1. The number of hydrogen-bond acceptors (Lipinski definition) is 4. The molecule has 2 aromatic carbocycles. The number of rotatable bonds is 3. The van der Waals surface area contributed by atoms with Crippen molar-refractivity contribution >= 4 is 33.3 Å². The lowest BCUT2D eigenvalue weighted by Crippen LogP contribution is -2.13. The number of pyridine rings is 1. The van der Waals surface area contributed by atoms with Crippen molar-refractivity contribution in [1.29, 1.82) is 0 Å². The normalized spacial score (nSPS) is 10.9. The Labute approximate surface area is 159 Å². The van der Waals surface area contributed by atoms with Crippen molar-refractivity contribution in [3.05, 3.63) is 76.5 Å². The zero-order chi connectivity index (χ0) is 19.0. The number of thiazole rings is 1. The van der Waals surface area contributed by atoms with Crippen molar-refractivity contribution < 1.29 is 9.18 Å². The summed E-state index contributed by atoms with van der Waals surface area (Å²) < 4.78 is 13.2. The molecule has 0 aliphatic heterocycles. The average Bonchev–Trinajstić information content (AvgIpc) is 2.98. The average molecular weight is 377 g/mol. The summed E-state index contributed by atoms with van der Waals surface area (Å²) in [4.78, 5) is 23.0. The van der Waals surface area contributed by atoms with E-state index in [1.807, 2.05) is 38.1 Å². The molecule has 4 aromatic rings. The smallest absolute Gasteiger partial charge is 0.258 e. The Morgan fingerprint density at radius 2 is 1.78 bits per heavy atom. The highest BCUT2D eigenvalue weighted by molar-refractivity contribution is 7.15. The summed E-state index contributed by atoms with van der Waals surface area (Å²) in [6.45, 7) is 3.88. The molecule has 0 radical (unpaired) electrons. The minimum Gasteiger partial charge on any atom is -0.298 e. The van der Waals surface area contributed by atoms with E-state index in [9.17, 15) is 9.18 Å². The highest BCUT2D eigenvalue weighted by atomic mass is 32.1. The van der Waals surface area contributed by atoms with Crippen LogP contribution in [0, 0.1) is 19.7 Å². The third-order valence-electron chi connectivity index (χ3n) is 4.35. The van der Waals surface area contributed by atoms with Crippen LogP contribution in [0.2, 0.25) is 0 Å². The summed E-state index contributed by atoms with van der Waals surface area (Å²) in [6, 6.07) is 15.3. The van der Waals surface area contributed by atoms with Crippen LogP contribution >= 0.6 is 11.3 Å². The van der Waals surface area contributed by atoms with E-state index < -0.39 is 0 Å². The quantitative estimate of drug-likeness (QED) is 0.522. The Morgan fingerprint density at radius 1 is 1.04 bits per heavy atom. The first-order valence-corrected chi connectivity index (χ1v) is 9.24. The van der Waals surface area contributed by atoms with Crippen LogP contribution in [0.3, 0.4) is 0 Å². The first-order chi connectivity index (χ1) is 13.0. The Morgan fingerprint density at radius 3 is 2.48 bits per heavy atom. The molecule has 2 aromatic heterocycles. The van der Waals surface area contributed by atoms with Gasteiger partial charge in [0, 0.05) is 15.8 Å². The van der Waals surface area contributed by atoms with Crippen molar-refractivity contribution in [3.8, 4) is 11.3 Å². The van der Waals surface area contributed by atoms with Crippen molar-refractivity contribution in [2.75, 3.05) is 5.32 Å². The molecule has 0 saturated carbocycles. The maximum absolute atomic E-state index is 13.2. The largest absolute Gasteiger partial charge is 0.298 e. The molecule has 1 N–H and O–H groups in total. The van der Waals surface area contributed by atoms with Crippen LogP contribution in [0.15, 0.2) is 54.6 Å². The van der Waals surface area contributed by atoms with E-state index in [1.54, 1.807) is 18.2 Å². The van der Waals surface area contributed by atoms with Gasteiger partial charge in [-0.3, -0.25) is 10.1 Å². The van der Waals surface area contributed by atoms with Crippen LogP contribution in [0.1, 0.15) is 20.9 Å². The summed E-state index contributed by atoms with van der Waals surface area (Å²) in [5.41, 5.74) is 3.48. The number of hydrogen-bond donors (Lipinski definition) is 1. The molecule has 27 heavy (non-hydrogen) atoms. The summed E-state index contributed by atoms with van der Waals surface area (Å²) in [7, 11) is 0. The van der Waals surface area contributed by atoms with Gasteiger partial charge in [0.1, 0.15) is 5.82 Å². The van der Waals surface area contributed by atoms with E-state index in [2.05, 4.69) is 15.3 Å². The molecule has 0 fully saturated rings. The summed E-state index contributed by atoms with van der Waals surface area (Å²) in [5.74, 6) is -0.558. The number of nitrogens with one attached hydrogen (secondary N) is 1. The van der Waals surface area contributed by atoms with Gasteiger partial charge in [0.05, 0.1) is 22.5 Å². The fraction of sp³-hybridized carbons (Fsp3) is 0.0952. The van der Waals surface area contributed by atoms with Crippen LogP contribution in [-0.4, -0.2) is 15.9 Å². The van der Waals surface area contributed by atoms with Gasteiger partial charge in [-0.2, -0.15) is 0 Å². The molecular weight excluding hydrogens is 361 g/mol. The van der Waals surface area contributed by atoms with Crippen molar-refractivity contribution in [2.45, 2.75) is 13.8 Å². The monoisotopic (exact) mass is 377 g/mol. The summed E-state index contributed by atoms with van der Waals surface area (Å²) in [6.07, 6.45) is 0. The number of amides is 1. The second kappa shape index (κ2) is 6.89. The fourth-order valence-corrected chi connectivity index (χ4v) is 3.63. The van der Waals surface area contributed by atoms with Gasteiger partial charge in [0.15, 0.2) is 5.13 Å². The lowest BCUT2D eigenvalue weighted by atomic mass is 10.0. The number of aromatic nitrogens is 2. The minimum absolute atomic E-state index is 0.245. The topological polar surface area (TPSA) is 54.9 Å². The predicted octanol–water partition coefficient (Wildman–Crippen LogP) is 5.37. The Balaban J connectivity index is 1.80. The summed E-state index contributed by atoms with van der Waals surface area (Å²) >= 11 is 1.44. The Kier molecular flexibility index (Phi) is 4.41. The molecular formula is C21H16FN3OS. The Bertz CT molecular complexity index is 1130. The molecule has 0 saturated heterocycles. The van der Waals surface area contributed by atoms with Crippen LogP contribution in [0.4, 0.5) is 9.52 Å². The fourth-order valence-electron chi connectivity index (χ4n) is 2.82. The molecule has 0 atom stereocenters. The van der Waals surface area contributed by atoms with Gasteiger partial charge in [-0.25, -0.2) is 14.4 Å². The standard InChI is InChI=1S/C21H16FN3OS/c1-12-13(2)27-21(23-12)25-20(26)17-11-19(14-7-9-15(22)10-8-14)24-18-6-4-3-5-16(17)18/h3-11H,1-2H3,(H,23,25,26). The molecule has 0 aliphatic rings. The van der Waals surface area contributed by atoms with Gasteiger partial charge in [-0.05, 0) is 50.2 Å². The van der Waals surface area contributed by atoms with Crippen molar-refractivity contribution in [1.82, 2.24) is 9.97 Å². The molecule has 4 nitrogen and oxygen atoms in total. The van der Waals surface area contributed by atoms with Crippen LogP contribution in [0.25, 0.3) is 22.2 Å². The van der Waals surface area contributed by atoms with Gasteiger partial charge in [-0.1, -0.05) is 18.2 Å². The number of nitrogens with zero attached hydrogens (tertiary/aromatic N) is 2. The molecule has 134 valence electrons. The molecule has 0 aliphatic carbocycles.